The Labute approximate surface area is 185 Å². The van der Waals surface area contributed by atoms with Gasteiger partial charge in [-0.05, 0) is 74.7 Å². The van der Waals surface area contributed by atoms with Crippen LogP contribution in [0.5, 0.6) is 0 Å². The minimum absolute atomic E-state index is 0.144. The van der Waals surface area contributed by atoms with Crippen LogP contribution in [0, 0.1) is 17.2 Å². The first kappa shape index (κ1) is 24.5. The third-order valence-electron chi connectivity index (χ3n) is 7.04. The molecule has 3 aliphatic rings. The number of alkyl halides is 3. The average molecular weight is 458 g/mol. The fourth-order valence-electron chi connectivity index (χ4n) is 4.69. The van der Waals surface area contributed by atoms with Crippen molar-refractivity contribution in [2.45, 2.75) is 57.7 Å². The van der Waals surface area contributed by atoms with E-state index in [4.69, 9.17) is 9.90 Å². The normalized spacial score (nSPS) is 21.4. The predicted octanol–water partition coefficient (Wildman–Crippen LogP) is 4.46. The van der Waals surface area contributed by atoms with Gasteiger partial charge in [0.05, 0.1) is 0 Å². The van der Waals surface area contributed by atoms with E-state index in [0.717, 1.165) is 51.1 Å². The minimum atomic E-state index is -5.08. The molecule has 178 valence electrons. The SMILES string of the molecule is O=C(C1CCC1)N1CCC2(CCN(Cc3cccc(F)c3)CC2)CC1.O=C(O)C(F)(F)F. The maximum Gasteiger partial charge on any atom is 0.490 e. The molecule has 1 aromatic rings. The van der Waals surface area contributed by atoms with E-state index in [0.29, 0.717) is 17.2 Å². The summed E-state index contributed by atoms with van der Waals surface area (Å²) in [4.78, 5) is 25.9. The number of carboxylic acids is 1. The van der Waals surface area contributed by atoms with E-state index < -0.39 is 12.1 Å². The Morgan fingerprint density at radius 1 is 1.03 bits per heavy atom. The number of likely N-dealkylation sites (tertiary alicyclic amines) is 2. The fraction of sp³-hybridized carbons (Fsp3) is 0.652. The Balaban J connectivity index is 0.000000360. The van der Waals surface area contributed by atoms with Crippen LogP contribution in [-0.2, 0) is 16.1 Å². The Hall–Kier alpha value is -2.16. The lowest BCUT2D eigenvalue weighted by atomic mass is 9.71. The summed E-state index contributed by atoms with van der Waals surface area (Å²) < 4.78 is 45.1. The zero-order valence-electron chi connectivity index (χ0n) is 18.0. The molecule has 3 fully saturated rings. The number of nitrogens with zero attached hydrogens (tertiary/aromatic N) is 2. The second kappa shape index (κ2) is 10.2. The molecule has 0 aromatic heterocycles. The van der Waals surface area contributed by atoms with E-state index >= 15 is 0 Å². The molecule has 0 bridgehead atoms. The molecule has 32 heavy (non-hydrogen) atoms. The van der Waals surface area contributed by atoms with E-state index in [9.17, 15) is 22.4 Å². The van der Waals surface area contributed by atoms with E-state index in [-0.39, 0.29) is 5.82 Å². The molecule has 2 aliphatic heterocycles. The number of halogens is 4. The van der Waals surface area contributed by atoms with Gasteiger partial charge in [0, 0.05) is 25.6 Å². The summed E-state index contributed by atoms with van der Waals surface area (Å²) in [6, 6.07) is 6.96. The quantitative estimate of drug-likeness (QED) is 0.680. The van der Waals surface area contributed by atoms with Crippen LogP contribution in [0.3, 0.4) is 0 Å². The molecule has 1 aliphatic carbocycles. The van der Waals surface area contributed by atoms with Gasteiger partial charge >= 0.3 is 12.1 Å². The fourth-order valence-corrected chi connectivity index (χ4v) is 4.69. The van der Waals surface area contributed by atoms with Crippen LogP contribution < -0.4 is 0 Å². The molecule has 5 nitrogen and oxygen atoms in total. The number of aliphatic carboxylic acids is 1. The van der Waals surface area contributed by atoms with Crippen molar-refractivity contribution in [1.82, 2.24) is 9.80 Å². The van der Waals surface area contributed by atoms with Crippen molar-refractivity contribution in [3.8, 4) is 0 Å². The number of carbonyl (C=O) groups excluding carboxylic acids is 1. The molecule has 2 heterocycles. The molecule has 1 saturated carbocycles. The summed E-state index contributed by atoms with van der Waals surface area (Å²) in [7, 11) is 0. The summed E-state index contributed by atoms with van der Waals surface area (Å²) >= 11 is 0. The highest BCUT2D eigenvalue weighted by Gasteiger charge is 2.40. The van der Waals surface area contributed by atoms with Crippen LogP contribution in [0.2, 0.25) is 0 Å². The number of piperidine rings is 2. The number of carbonyl (C=O) groups is 2. The van der Waals surface area contributed by atoms with Crippen LogP contribution in [0.4, 0.5) is 17.6 Å². The molecule has 9 heteroatoms. The van der Waals surface area contributed by atoms with Gasteiger partial charge in [0.15, 0.2) is 0 Å². The highest BCUT2D eigenvalue weighted by atomic mass is 19.4. The number of carboxylic acid groups (broad SMARTS) is 1. The van der Waals surface area contributed by atoms with Crippen LogP contribution in [-0.4, -0.2) is 59.1 Å². The number of hydrogen-bond acceptors (Lipinski definition) is 3. The van der Waals surface area contributed by atoms with E-state index in [1.165, 1.54) is 38.2 Å². The monoisotopic (exact) mass is 458 g/mol. The van der Waals surface area contributed by atoms with Crippen molar-refractivity contribution in [3.05, 3.63) is 35.6 Å². The predicted molar refractivity (Wildman–Crippen MR) is 110 cm³/mol. The van der Waals surface area contributed by atoms with Crippen LogP contribution >= 0.6 is 0 Å². The standard InChI is InChI=1S/C21H29FN2O.C2HF3O2/c22-19-6-1-3-17(15-19)16-23-11-7-21(8-12-23)9-13-24(14-10-21)20(25)18-4-2-5-18;3-2(4,5)1(6)7/h1,3,6,15,18H,2,4-5,7-14,16H2;(H,6,7). The molecule has 4 rings (SSSR count). The van der Waals surface area contributed by atoms with Crippen molar-refractivity contribution >= 4 is 11.9 Å². The molecule has 1 spiro atoms. The zero-order valence-corrected chi connectivity index (χ0v) is 18.0. The number of hydrogen-bond donors (Lipinski definition) is 1. The molecule has 0 atom stereocenters. The molecular weight excluding hydrogens is 428 g/mol. The largest absolute Gasteiger partial charge is 0.490 e. The molecule has 0 unspecified atom stereocenters. The first-order chi connectivity index (χ1) is 15.1. The lowest BCUT2D eigenvalue weighted by Gasteiger charge is -2.47. The van der Waals surface area contributed by atoms with Crippen LogP contribution in [0.15, 0.2) is 24.3 Å². The summed E-state index contributed by atoms with van der Waals surface area (Å²) in [5.74, 6) is -2.14. The maximum absolute atomic E-state index is 13.3. The van der Waals surface area contributed by atoms with Crippen LogP contribution in [0.1, 0.15) is 50.5 Å². The minimum Gasteiger partial charge on any atom is -0.475 e. The third-order valence-corrected chi connectivity index (χ3v) is 7.04. The number of rotatable bonds is 3. The summed E-state index contributed by atoms with van der Waals surface area (Å²) in [5, 5.41) is 7.12. The van der Waals surface area contributed by atoms with Gasteiger partial charge in [-0.25, -0.2) is 9.18 Å². The van der Waals surface area contributed by atoms with Crippen molar-refractivity contribution in [2.75, 3.05) is 26.2 Å². The molecule has 0 radical (unpaired) electrons. The van der Waals surface area contributed by atoms with Gasteiger partial charge in [-0.1, -0.05) is 18.6 Å². The number of amides is 1. The van der Waals surface area contributed by atoms with Crippen molar-refractivity contribution in [1.29, 1.82) is 0 Å². The summed E-state index contributed by atoms with van der Waals surface area (Å²) in [6.07, 6.45) is 3.13. The second-order valence-electron chi connectivity index (χ2n) is 9.16. The zero-order chi connectivity index (χ0) is 23.4. The Morgan fingerprint density at radius 2 is 1.59 bits per heavy atom. The van der Waals surface area contributed by atoms with Gasteiger partial charge in [0.1, 0.15) is 5.82 Å². The first-order valence-corrected chi connectivity index (χ1v) is 11.1. The molecule has 2 saturated heterocycles. The highest BCUT2D eigenvalue weighted by Crippen LogP contribution is 2.42. The van der Waals surface area contributed by atoms with Crippen LogP contribution in [0.25, 0.3) is 0 Å². The maximum atomic E-state index is 13.3. The lowest BCUT2D eigenvalue weighted by molar-refractivity contribution is -0.192. The van der Waals surface area contributed by atoms with Gasteiger partial charge < -0.3 is 10.0 Å². The topological polar surface area (TPSA) is 60.9 Å². The van der Waals surface area contributed by atoms with Gasteiger partial charge in [0.25, 0.3) is 0 Å². The van der Waals surface area contributed by atoms with Crippen molar-refractivity contribution < 1.29 is 32.3 Å². The Morgan fingerprint density at radius 3 is 2.06 bits per heavy atom. The Kier molecular flexibility index (Phi) is 7.79. The van der Waals surface area contributed by atoms with Gasteiger partial charge in [-0.15, -0.1) is 0 Å². The molecule has 1 amide bonds. The smallest absolute Gasteiger partial charge is 0.475 e. The lowest BCUT2D eigenvalue weighted by Crippen LogP contribution is -2.49. The first-order valence-electron chi connectivity index (χ1n) is 11.1. The molecular formula is C23H30F4N2O3. The molecule has 1 aromatic carbocycles. The van der Waals surface area contributed by atoms with Gasteiger partial charge in [0.2, 0.25) is 5.91 Å². The number of benzene rings is 1. The van der Waals surface area contributed by atoms with Crippen molar-refractivity contribution in [3.63, 3.8) is 0 Å². The van der Waals surface area contributed by atoms with E-state index in [2.05, 4.69) is 9.80 Å². The van der Waals surface area contributed by atoms with E-state index in [1.54, 1.807) is 12.1 Å². The van der Waals surface area contributed by atoms with Gasteiger partial charge in [-0.2, -0.15) is 13.2 Å². The summed E-state index contributed by atoms with van der Waals surface area (Å²) in [5.41, 5.74) is 1.51. The summed E-state index contributed by atoms with van der Waals surface area (Å²) in [6.45, 7) is 4.94. The van der Waals surface area contributed by atoms with Gasteiger partial charge in [-0.3, -0.25) is 9.69 Å². The Bertz CT molecular complexity index is 793. The third kappa shape index (κ3) is 6.43. The molecule has 1 N–H and O–H groups in total. The average Bonchev–Trinajstić information content (AvgIpc) is 2.69. The van der Waals surface area contributed by atoms with Crippen molar-refractivity contribution in [2.24, 2.45) is 11.3 Å². The highest BCUT2D eigenvalue weighted by molar-refractivity contribution is 5.79. The van der Waals surface area contributed by atoms with E-state index in [1.807, 2.05) is 6.07 Å². The second-order valence-corrected chi connectivity index (χ2v) is 9.16.